The van der Waals surface area contributed by atoms with Crippen molar-refractivity contribution >= 4 is 37.7 Å². The summed E-state index contributed by atoms with van der Waals surface area (Å²) in [6.07, 6.45) is -2.46. The minimum absolute atomic E-state index is 0.411. The van der Waals surface area contributed by atoms with Crippen LogP contribution in [0.5, 0.6) is 0 Å². The van der Waals surface area contributed by atoms with Crippen LogP contribution in [0.2, 0.25) is 0 Å². The molecule has 0 amide bonds. The lowest BCUT2D eigenvalue weighted by Crippen LogP contribution is -2.60. The van der Waals surface area contributed by atoms with E-state index in [1.54, 1.807) is 0 Å². The minimum atomic E-state index is -0.579. The number of benzene rings is 6. The zero-order chi connectivity index (χ0) is 33.7. The van der Waals surface area contributed by atoms with Crippen molar-refractivity contribution in [1.82, 2.24) is 0 Å². The monoisotopic (exact) mass is 666 g/mol. The summed E-state index contributed by atoms with van der Waals surface area (Å²) < 4.78 is 40.3. The fourth-order valence-corrected chi connectivity index (χ4v) is 7.86. The third-order valence-electron chi connectivity index (χ3n) is 10.5. The highest BCUT2D eigenvalue weighted by molar-refractivity contribution is 6.63. The van der Waals surface area contributed by atoms with Crippen LogP contribution in [0.1, 0.15) is 0 Å². The summed E-state index contributed by atoms with van der Waals surface area (Å²) in [6, 6.07) is 56.1. The van der Waals surface area contributed by atoms with Gasteiger partial charge in [-0.15, -0.1) is 0 Å². The second-order valence-corrected chi connectivity index (χ2v) is 13.6. The number of hydrogen-bond donors (Lipinski definition) is 0. The molecule has 0 unspecified atom stereocenters. The Morgan fingerprint density at radius 3 is 0.647 bits per heavy atom. The first-order valence-electron chi connectivity index (χ1n) is 17.6. The average Bonchev–Trinajstić information content (AvgIpc) is 3.97. The molecule has 246 valence electrons. The molecule has 0 atom stereocenters. The lowest BCUT2D eigenvalue weighted by molar-refractivity contribution is -0.106. The van der Waals surface area contributed by atoms with Gasteiger partial charge in [-0.1, -0.05) is 164 Å². The van der Waals surface area contributed by atoms with Crippen LogP contribution in [0, 0.1) is 0 Å². The summed E-state index contributed by atoms with van der Waals surface area (Å²) in [7, 11) is -1.74. The van der Waals surface area contributed by atoms with E-state index < -0.39 is 58.0 Å². The van der Waals surface area contributed by atoms with Crippen LogP contribution < -0.4 is 16.4 Å². The van der Waals surface area contributed by atoms with Gasteiger partial charge in [-0.3, -0.25) is 0 Å². The van der Waals surface area contributed by atoms with E-state index in [0.717, 1.165) is 49.8 Å². The van der Waals surface area contributed by atoms with Crippen LogP contribution in [0.3, 0.4) is 0 Å². The second kappa shape index (κ2) is 13.1. The normalized spacial score (nSPS) is 25.1. The van der Waals surface area contributed by atoms with Crippen LogP contribution in [0.15, 0.2) is 164 Å². The van der Waals surface area contributed by atoms with Crippen LogP contribution in [-0.4, -0.2) is 58.0 Å². The fraction of sp³-hybridized carbons (Fsp3) is 0.143. The zero-order valence-corrected chi connectivity index (χ0v) is 27.7. The Morgan fingerprint density at radius 2 is 0.431 bits per heavy atom. The Labute approximate surface area is 298 Å². The van der Waals surface area contributed by atoms with Gasteiger partial charge in [-0.2, -0.15) is 0 Å². The third-order valence-corrected chi connectivity index (χ3v) is 10.5. The van der Waals surface area contributed by atoms with Gasteiger partial charge in [0.15, 0.2) is 0 Å². The van der Waals surface area contributed by atoms with Crippen molar-refractivity contribution in [3.05, 3.63) is 164 Å². The highest BCUT2D eigenvalue weighted by atomic mass is 16.7. The third kappa shape index (κ3) is 5.76. The molecule has 4 fully saturated rings. The largest absolute Gasteiger partial charge is 0.494 e. The van der Waals surface area contributed by atoms with E-state index in [9.17, 15) is 0 Å². The molecule has 9 heteroatoms. The maximum absolute atomic E-state index is 6.72. The van der Waals surface area contributed by atoms with Gasteiger partial charge in [0.1, 0.15) is 0 Å². The Balaban J connectivity index is 0.934. The summed E-state index contributed by atoms with van der Waals surface area (Å²) >= 11 is 0. The molecule has 4 aliphatic rings. The van der Waals surface area contributed by atoms with E-state index in [2.05, 4.69) is 109 Å². The maximum Gasteiger partial charge on any atom is 0.494 e. The molecule has 6 nitrogen and oxygen atoms in total. The number of hydrogen-bond acceptors (Lipinski definition) is 6. The highest BCUT2D eigenvalue weighted by Crippen LogP contribution is 2.43. The molecule has 6 aromatic rings. The fourth-order valence-electron chi connectivity index (χ4n) is 7.86. The van der Waals surface area contributed by atoms with Gasteiger partial charge in [0.25, 0.3) is 0 Å². The van der Waals surface area contributed by atoms with Gasteiger partial charge >= 0.3 is 21.4 Å². The maximum atomic E-state index is 6.72. The molecule has 51 heavy (non-hydrogen) atoms. The van der Waals surface area contributed by atoms with Gasteiger partial charge in [-0.25, -0.2) is 0 Å². The second-order valence-electron chi connectivity index (χ2n) is 13.6. The Hall–Kier alpha value is -4.73. The number of rotatable bonds is 6. The van der Waals surface area contributed by atoms with Crippen LogP contribution in [0.25, 0.3) is 33.4 Å². The van der Waals surface area contributed by atoms with Gasteiger partial charge < -0.3 is 27.9 Å². The first-order valence-corrected chi connectivity index (χ1v) is 17.6. The predicted octanol–water partition coefficient (Wildman–Crippen LogP) is 5.54. The highest BCUT2D eigenvalue weighted by Gasteiger charge is 2.66. The van der Waals surface area contributed by atoms with E-state index in [-0.39, 0.29) is 0 Å². The van der Waals surface area contributed by atoms with Gasteiger partial charge in [0.2, 0.25) is 0 Å². The van der Waals surface area contributed by atoms with E-state index in [1.165, 1.54) is 0 Å². The predicted molar refractivity (Wildman–Crippen MR) is 201 cm³/mol. The average molecular weight is 666 g/mol. The van der Waals surface area contributed by atoms with Crippen molar-refractivity contribution in [2.45, 2.75) is 36.6 Å². The van der Waals surface area contributed by atoms with Crippen LogP contribution in [-0.2, 0) is 27.9 Å². The summed E-state index contributed by atoms with van der Waals surface area (Å²) in [5.41, 5.74) is 9.72. The summed E-state index contributed by atoms with van der Waals surface area (Å²) in [5, 5.41) is 0. The first kappa shape index (κ1) is 31.0. The quantitative estimate of drug-likeness (QED) is 0.218. The molecule has 3 heterocycles. The van der Waals surface area contributed by atoms with E-state index in [1.807, 2.05) is 54.6 Å². The van der Waals surface area contributed by atoms with E-state index in [4.69, 9.17) is 27.9 Å². The Bertz CT molecular complexity index is 1820. The van der Waals surface area contributed by atoms with Crippen molar-refractivity contribution < 1.29 is 27.9 Å². The summed E-state index contributed by atoms with van der Waals surface area (Å²) in [6.45, 7) is 0. The molecule has 0 bridgehead atoms. The molecule has 1 saturated carbocycles. The van der Waals surface area contributed by atoms with Crippen LogP contribution in [0.4, 0.5) is 0 Å². The molecular formula is C42H33B3O6. The van der Waals surface area contributed by atoms with Crippen molar-refractivity contribution in [3.63, 3.8) is 0 Å². The molecule has 0 radical (unpaired) electrons. The molecular weight excluding hydrogens is 633 g/mol. The molecule has 0 N–H and O–H groups in total. The van der Waals surface area contributed by atoms with Crippen molar-refractivity contribution in [2.24, 2.45) is 0 Å². The zero-order valence-electron chi connectivity index (χ0n) is 27.7. The molecule has 1 aliphatic carbocycles. The SMILES string of the molecule is c1ccc(-c2ccc(B3OC4C5OB(c6ccc(-c7ccccc7)cc6)OC5C5OB(c6ccc(-c7ccccc7)cc6)OC5C4O3)cc2)cc1. The topological polar surface area (TPSA) is 55.4 Å². The lowest BCUT2D eigenvalue weighted by Gasteiger charge is -2.40. The lowest BCUT2D eigenvalue weighted by atomic mass is 9.78. The molecule has 3 aliphatic heterocycles. The van der Waals surface area contributed by atoms with Crippen molar-refractivity contribution in [1.29, 1.82) is 0 Å². The number of fused-ring (bicyclic) bond motifs is 6. The van der Waals surface area contributed by atoms with E-state index in [0.29, 0.717) is 0 Å². The summed E-state index contributed by atoms with van der Waals surface area (Å²) in [5.74, 6) is 0. The Kier molecular flexibility index (Phi) is 7.98. The minimum Gasteiger partial charge on any atom is -0.399 e. The molecule has 0 spiro atoms. The van der Waals surface area contributed by atoms with E-state index >= 15 is 0 Å². The summed E-state index contributed by atoms with van der Waals surface area (Å²) in [4.78, 5) is 0. The van der Waals surface area contributed by atoms with Gasteiger partial charge in [0.05, 0.1) is 36.6 Å². The van der Waals surface area contributed by atoms with Gasteiger partial charge in [-0.05, 0) is 49.8 Å². The van der Waals surface area contributed by atoms with Crippen molar-refractivity contribution in [3.8, 4) is 33.4 Å². The Morgan fingerprint density at radius 1 is 0.235 bits per heavy atom. The first-order chi connectivity index (χ1) is 25.2. The molecule has 0 aromatic heterocycles. The smallest absolute Gasteiger partial charge is 0.399 e. The molecule has 6 aromatic carbocycles. The van der Waals surface area contributed by atoms with Crippen LogP contribution >= 0.6 is 0 Å². The van der Waals surface area contributed by atoms with Gasteiger partial charge in [0, 0.05) is 0 Å². The molecule has 10 rings (SSSR count). The standard InChI is InChI=1S/C42H33B3O6/c1-4-10-28(11-5-1)31-16-22-34(23-17-31)43-46-37-38(47-43)40-42(51-45(49-40)36-26-20-33(21-27-36)30-14-8-3-9-15-30)41-39(37)48-44(50-41)35-24-18-32(19-25-35)29-12-6-2-7-13-29/h1-27,37-42H. The van der Waals surface area contributed by atoms with Crippen molar-refractivity contribution in [2.75, 3.05) is 0 Å². The molecule has 3 saturated heterocycles.